The van der Waals surface area contributed by atoms with Crippen molar-refractivity contribution in [3.05, 3.63) is 0 Å². The lowest BCUT2D eigenvalue weighted by Crippen LogP contribution is -2.34. The molecule has 0 aliphatic carbocycles. The number of aliphatic hydroxyl groups excluding tert-OH is 1. The van der Waals surface area contributed by atoms with Crippen LogP contribution >= 0.6 is 12.4 Å². The molecule has 0 aromatic carbocycles. The molecule has 1 aliphatic rings. The third-order valence-electron chi connectivity index (χ3n) is 2.23. The maximum Gasteiger partial charge on any atom is 0.0682 e. The lowest BCUT2D eigenvalue weighted by Gasteiger charge is -2.21. The van der Waals surface area contributed by atoms with E-state index in [1.54, 1.807) is 0 Å². The Morgan fingerprint density at radius 1 is 1.70 bits per heavy atom. The van der Waals surface area contributed by atoms with Gasteiger partial charge in [-0.05, 0) is 19.8 Å². The van der Waals surface area contributed by atoms with Gasteiger partial charge in [0.25, 0.3) is 0 Å². The van der Waals surface area contributed by atoms with Gasteiger partial charge in [-0.2, -0.15) is 0 Å². The summed E-state index contributed by atoms with van der Waals surface area (Å²) in [4.78, 5) is 0. The number of hydrogen-bond acceptors (Lipinski definition) is 2. The molecule has 3 heteroatoms. The summed E-state index contributed by atoms with van der Waals surface area (Å²) in [6.45, 7) is 5.07. The van der Waals surface area contributed by atoms with Crippen LogP contribution in [0.25, 0.3) is 0 Å². The number of rotatable bonds is 1. The standard InChI is InChI=1S/C7H15NO.ClH/c1-3-7(2)4-6(9)5-8-7;/h6,8-9H,3-5H2,1-2H3;1H. The summed E-state index contributed by atoms with van der Waals surface area (Å²) in [5, 5.41) is 12.4. The van der Waals surface area contributed by atoms with Gasteiger partial charge in [-0.15, -0.1) is 12.4 Å². The molecule has 0 amide bonds. The van der Waals surface area contributed by atoms with Crippen molar-refractivity contribution in [2.75, 3.05) is 6.54 Å². The van der Waals surface area contributed by atoms with E-state index in [-0.39, 0.29) is 24.0 Å². The van der Waals surface area contributed by atoms with Gasteiger partial charge in [-0.3, -0.25) is 0 Å². The molecule has 0 aromatic rings. The predicted octanol–water partition coefficient (Wildman–Crippen LogP) is 0.931. The zero-order valence-corrected chi connectivity index (χ0v) is 7.37. The monoisotopic (exact) mass is 165 g/mol. The molecule has 0 aromatic heterocycles. The van der Waals surface area contributed by atoms with Gasteiger partial charge < -0.3 is 10.4 Å². The van der Waals surface area contributed by atoms with E-state index in [0.29, 0.717) is 0 Å². The first-order valence-corrected chi connectivity index (χ1v) is 3.59. The Balaban J connectivity index is 0.000000810. The first kappa shape index (κ1) is 10.2. The van der Waals surface area contributed by atoms with Gasteiger partial charge in [-0.1, -0.05) is 6.92 Å². The van der Waals surface area contributed by atoms with Crippen molar-refractivity contribution >= 4 is 12.4 Å². The number of aliphatic hydroxyl groups is 1. The van der Waals surface area contributed by atoms with Crippen LogP contribution in [0.1, 0.15) is 26.7 Å². The molecule has 1 fully saturated rings. The largest absolute Gasteiger partial charge is 0.392 e. The minimum absolute atomic E-state index is 0. The summed E-state index contributed by atoms with van der Waals surface area (Å²) in [5.74, 6) is 0. The third kappa shape index (κ3) is 2.11. The Kier molecular flexibility index (Phi) is 3.63. The molecular weight excluding hydrogens is 150 g/mol. The van der Waals surface area contributed by atoms with Crippen LogP contribution in [-0.2, 0) is 0 Å². The Morgan fingerprint density at radius 2 is 2.30 bits per heavy atom. The fourth-order valence-electron chi connectivity index (χ4n) is 1.30. The van der Waals surface area contributed by atoms with Crippen molar-refractivity contribution in [3.8, 4) is 0 Å². The summed E-state index contributed by atoms with van der Waals surface area (Å²) in [6, 6.07) is 0. The molecule has 1 heterocycles. The number of halogens is 1. The Bertz CT molecular complexity index is 110. The van der Waals surface area contributed by atoms with E-state index in [9.17, 15) is 0 Å². The van der Waals surface area contributed by atoms with Crippen LogP contribution in [0.4, 0.5) is 0 Å². The van der Waals surface area contributed by atoms with Crippen LogP contribution in [0.15, 0.2) is 0 Å². The second-order valence-electron chi connectivity index (χ2n) is 3.15. The van der Waals surface area contributed by atoms with Crippen LogP contribution in [0.5, 0.6) is 0 Å². The van der Waals surface area contributed by atoms with Gasteiger partial charge >= 0.3 is 0 Å². The Labute approximate surface area is 68.4 Å². The highest BCUT2D eigenvalue weighted by Crippen LogP contribution is 2.21. The van der Waals surface area contributed by atoms with Crippen LogP contribution in [-0.4, -0.2) is 23.3 Å². The van der Waals surface area contributed by atoms with E-state index in [1.165, 1.54) is 0 Å². The van der Waals surface area contributed by atoms with Crippen LogP contribution in [0.3, 0.4) is 0 Å². The van der Waals surface area contributed by atoms with Gasteiger partial charge in [0.15, 0.2) is 0 Å². The summed E-state index contributed by atoms with van der Waals surface area (Å²) in [7, 11) is 0. The van der Waals surface area contributed by atoms with Gasteiger partial charge in [-0.25, -0.2) is 0 Å². The molecule has 2 unspecified atom stereocenters. The third-order valence-corrected chi connectivity index (χ3v) is 2.23. The van der Waals surface area contributed by atoms with E-state index >= 15 is 0 Å². The Morgan fingerprint density at radius 3 is 2.50 bits per heavy atom. The highest BCUT2D eigenvalue weighted by atomic mass is 35.5. The summed E-state index contributed by atoms with van der Waals surface area (Å²) in [6.07, 6.45) is 1.89. The molecule has 1 saturated heterocycles. The maximum absolute atomic E-state index is 9.13. The highest BCUT2D eigenvalue weighted by molar-refractivity contribution is 5.85. The smallest absolute Gasteiger partial charge is 0.0682 e. The first-order valence-electron chi connectivity index (χ1n) is 3.59. The van der Waals surface area contributed by atoms with Crippen molar-refractivity contribution in [3.63, 3.8) is 0 Å². The molecule has 0 bridgehead atoms. The number of hydrogen-bond donors (Lipinski definition) is 2. The predicted molar refractivity (Wildman–Crippen MR) is 44.6 cm³/mol. The van der Waals surface area contributed by atoms with Crippen molar-refractivity contribution in [1.29, 1.82) is 0 Å². The average Bonchev–Trinajstić information content (AvgIpc) is 2.13. The van der Waals surface area contributed by atoms with Gasteiger partial charge in [0.05, 0.1) is 6.10 Å². The Hall–Kier alpha value is 0.210. The topological polar surface area (TPSA) is 32.3 Å². The maximum atomic E-state index is 9.13. The lowest BCUT2D eigenvalue weighted by atomic mass is 9.97. The zero-order chi connectivity index (χ0) is 6.91. The quantitative estimate of drug-likeness (QED) is 0.606. The molecule has 2 atom stereocenters. The van der Waals surface area contributed by atoms with Crippen molar-refractivity contribution in [1.82, 2.24) is 5.32 Å². The number of nitrogens with one attached hydrogen (secondary N) is 1. The van der Waals surface area contributed by atoms with Crippen LogP contribution < -0.4 is 5.32 Å². The van der Waals surface area contributed by atoms with Crippen molar-refractivity contribution in [2.45, 2.75) is 38.3 Å². The zero-order valence-electron chi connectivity index (χ0n) is 6.55. The molecule has 62 valence electrons. The van der Waals surface area contributed by atoms with E-state index in [1.807, 2.05) is 0 Å². The van der Waals surface area contributed by atoms with Crippen molar-refractivity contribution in [2.24, 2.45) is 0 Å². The van der Waals surface area contributed by atoms with E-state index in [4.69, 9.17) is 5.11 Å². The van der Waals surface area contributed by atoms with Gasteiger partial charge in [0, 0.05) is 12.1 Å². The minimum Gasteiger partial charge on any atom is -0.392 e. The fourth-order valence-corrected chi connectivity index (χ4v) is 1.30. The SMILES string of the molecule is CCC1(C)CC(O)CN1.Cl. The lowest BCUT2D eigenvalue weighted by molar-refractivity contribution is 0.185. The normalized spacial score (nSPS) is 39.3. The molecule has 0 spiro atoms. The second-order valence-corrected chi connectivity index (χ2v) is 3.15. The van der Waals surface area contributed by atoms with E-state index < -0.39 is 0 Å². The molecular formula is C7H16ClNO. The molecule has 10 heavy (non-hydrogen) atoms. The average molecular weight is 166 g/mol. The molecule has 0 radical (unpaired) electrons. The molecule has 1 aliphatic heterocycles. The van der Waals surface area contributed by atoms with E-state index in [2.05, 4.69) is 19.2 Å². The molecule has 2 N–H and O–H groups in total. The molecule has 0 saturated carbocycles. The van der Waals surface area contributed by atoms with Crippen LogP contribution in [0.2, 0.25) is 0 Å². The van der Waals surface area contributed by atoms with Gasteiger partial charge in [0.2, 0.25) is 0 Å². The second kappa shape index (κ2) is 3.56. The van der Waals surface area contributed by atoms with E-state index in [0.717, 1.165) is 19.4 Å². The van der Waals surface area contributed by atoms with Crippen LogP contribution in [0, 0.1) is 0 Å². The molecule has 1 rings (SSSR count). The summed E-state index contributed by atoms with van der Waals surface area (Å²) >= 11 is 0. The molecule has 2 nitrogen and oxygen atoms in total. The summed E-state index contributed by atoms with van der Waals surface area (Å²) in [5.41, 5.74) is 0.208. The van der Waals surface area contributed by atoms with Gasteiger partial charge in [0.1, 0.15) is 0 Å². The minimum atomic E-state index is -0.116. The fraction of sp³-hybridized carbons (Fsp3) is 1.00. The summed E-state index contributed by atoms with van der Waals surface area (Å²) < 4.78 is 0. The van der Waals surface area contributed by atoms with Crippen molar-refractivity contribution < 1.29 is 5.11 Å². The highest BCUT2D eigenvalue weighted by Gasteiger charge is 2.31. The number of β-amino-alcohol motifs (C(OH)–C–C–N with tert-alkyl or cyclic N) is 1. The first-order chi connectivity index (χ1) is 4.16.